The van der Waals surface area contributed by atoms with Crippen LogP contribution in [-0.4, -0.2) is 40.8 Å². The van der Waals surface area contributed by atoms with E-state index in [2.05, 4.69) is 10.3 Å². The molecule has 1 aliphatic rings. The van der Waals surface area contributed by atoms with Crippen molar-refractivity contribution < 1.29 is 9.59 Å². The normalized spacial score (nSPS) is 16.3. The lowest BCUT2D eigenvalue weighted by molar-refractivity contribution is 0.0602. The lowest BCUT2D eigenvalue weighted by atomic mass is 10.0. The second kappa shape index (κ2) is 9.22. The first-order chi connectivity index (χ1) is 14.6. The molecule has 1 atom stereocenters. The predicted molar refractivity (Wildman–Crippen MR) is 120 cm³/mol. The second-order valence-electron chi connectivity index (χ2n) is 7.63. The van der Waals surface area contributed by atoms with Crippen LogP contribution in [0.5, 0.6) is 0 Å². The first-order valence-corrected chi connectivity index (χ1v) is 11.2. The molecule has 0 radical (unpaired) electrons. The molecular formula is C24H25N3O2S. The Balaban J connectivity index is 1.44. The number of nitrogens with one attached hydrogen (secondary N) is 1. The third-order valence-corrected chi connectivity index (χ3v) is 6.29. The van der Waals surface area contributed by atoms with Gasteiger partial charge in [0.1, 0.15) is 0 Å². The summed E-state index contributed by atoms with van der Waals surface area (Å²) in [5.41, 5.74) is 3.67. The average molecular weight is 420 g/mol. The zero-order chi connectivity index (χ0) is 20.9. The fourth-order valence-corrected chi connectivity index (χ4v) is 4.52. The number of piperidine rings is 1. The van der Waals surface area contributed by atoms with E-state index in [9.17, 15) is 9.59 Å². The van der Waals surface area contributed by atoms with Gasteiger partial charge >= 0.3 is 0 Å². The molecule has 1 aliphatic heterocycles. The maximum atomic E-state index is 13.2. The van der Waals surface area contributed by atoms with E-state index in [-0.39, 0.29) is 17.9 Å². The molecule has 0 aliphatic carbocycles. The molecule has 0 spiro atoms. The molecule has 2 aromatic carbocycles. The van der Waals surface area contributed by atoms with Crippen molar-refractivity contribution in [3.05, 3.63) is 76.1 Å². The van der Waals surface area contributed by atoms with Crippen LogP contribution in [0.2, 0.25) is 0 Å². The summed E-state index contributed by atoms with van der Waals surface area (Å²) in [4.78, 5) is 32.1. The molecule has 0 bridgehead atoms. The van der Waals surface area contributed by atoms with Gasteiger partial charge in [-0.1, -0.05) is 48.0 Å². The molecule has 5 nitrogen and oxygen atoms in total. The van der Waals surface area contributed by atoms with Crippen molar-refractivity contribution in [2.45, 2.75) is 32.2 Å². The third kappa shape index (κ3) is 4.60. The van der Waals surface area contributed by atoms with Gasteiger partial charge in [-0.15, -0.1) is 11.3 Å². The first-order valence-electron chi connectivity index (χ1n) is 10.3. The molecule has 1 N–H and O–H groups in total. The van der Waals surface area contributed by atoms with E-state index < -0.39 is 0 Å². The Bertz CT molecular complexity index is 1010. The van der Waals surface area contributed by atoms with Crippen LogP contribution in [0.15, 0.2) is 60.0 Å². The lowest BCUT2D eigenvalue weighted by Gasteiger charge is -2.35. The van der Waals surface area contributed by atoms with Gasteiger partial charge in [-0.25, -0.2) is 4.98 Å². The fourth-order valence-electron chi connectivity index (χ4n) is 3.73. The number of hydrogen-bond donors (Lipinski definition) is 1. The van der Waals surface area contributed by atoms with Crippen molar-refractivity contribution in [3.63, 3.8) is 0 Å². The van der Waals surface area contributed by atoms with Crippen molar-refractivity contribution >= 4 is 23.2 Å². The molecule has 0 unspecified atom stereocenters. The molecule has 1 fully saturated rings. The maximum Gasteiger partial charge on any atom is 0.283 e. The Morgan fingerprint density at radius 1 is 1.10 bits per heavy atom. The minimum absolute atomic E-state index is 0.00867. The molecule has 4 rings (SSSR count). The number of likely N-dealkylation sites (tertiary alicyclic amines) is 1. The molecule has 1 aromatic heterocycles. The standard InChI is InChI=1S/C24H25N3O2S/c1-17-10-12-18(13-11-17)21-16-30-23(26-21)24(29)27-14-6-5-9-20(27)15-25-22(28)19-7-3-2-4-8-19/h2-4,7-8,10-13,16,20H,5-6,9,14-15H2,1H3,(H,25,28)/t20-/m0/s1. The average Bonchev–Trinajstić information content (AvgIpc) is 3.28. The van der Waals surface area contributed by atoms with Gasteiger partial charge < -0.3 is 10.2 Å². The van der Waals surface area contributed by atoms with Gasteiger partial charge in [0.15, 0.2) is 5.01 Å². The summed E-state index contributed by atoms with van der Waals surface area (Å²) in [6.45, 7) is 3.20. The van der Waals surface area contributed by atoms with Crippen LogP contribution < -0.4 is 5.32 Å². The zero-order valence-electron chi connectivity index (χ0n) is 17.0. The Morgan fingerprint density at radius 2 is 1.87 bits per heavy atom. The molecule has 2 amide bonds. The van der Waals surface area contributed by atoms with Crippen LogP contribution in [0, 0.1) is 6.92 Å². The highest BCUT2D eigenvalue weighted by Gasteiger charge is 2.29. The maximum absolute atomic E-state index is 13.2. The summed E-state index contributed by atoms with van der Waals surface area (Å²) < 4.78 is 0. The SMILES string of the molecule is Cc1ccc(-c2csc(C(=O)N3CCCC[C@H]3CNC(=O)c3ccccc3)n2)cc1. The smallest absolute Gasteiger partial charge is 0.283 e. The fraction of sp³-hybridized carbons (Fsp3) is 0.292. The van der Waals surface area contributed by atoms with Crippen LogP contribution in [-0.2, 0) is 0 Å². The predicted octanol–water partition coefficient (Wildman–Crippen LogP) is 4.54. The number of rotatable bonds is 5. The number of aromatic nitrogens is 1. The lowest BCUT2D eigenvalue weighted by Crippen LogP contribution is -2.49. The highest BCUT2D eigenvalue weighted by Crippen LogP contribution is 2.25. The van der Waals surface area contributed by atoms with Crippen molar-refractivity contribution in [3.8, 4) is 11.3 Å². The second-order valence-corrected chi connectivity index (χ2v) is 8.49. The number of hydrogen-bond acceptors (Lipinski definition) is 4. The largest absolute Gasteiger partial charge is 0.350 e. The highest BCUT2D eigenvalue weighted by atomic mass is 32.1. The summed E-state index contributed by atoms with van der Waals surface area (Å²) in [5.74, 6) is -0.151. The van der Waals surface area contributed by atoms with Gasteiger partial charge in [0, 0.05) is 35.6 Å². The molecule has 2 heterocycles. The minimum atomic E-state index is -0.107. The highest BCUT2D eigenvalue weighted by molar-refractivity contribution is 7.12. The molecule has 30 heavy (non-hydrogen) atoms. The number of aryl methyl sites for hydroxylation is 1. The summed E-state index contributed by atoms with van der Waals surface area (Å²) in [6.07, 6.45) is 2.92. The number of carbonyl (C=O) groups excluding carboxylic acids is 2. The Labute approximate surface area is 180 Å². The van der Waals surface area contributed by atoms with E-state index in [4.69, 9.17) is 0 Å². The van der Waals surface area contributed by atoms with Crippen LogP contribution in [0.3, 0.4) is 0 Å². The Kier molecular flexibility index (Phi) is 6.23. The third-order valence-electron chi connectivity index (χ3n) is 5.46. The number of carbonyl (C=O) groups is 2. The van der Waals surface area contributed by atoms with Gasteiger partial charge in [-0.2, -0.15) is 0 Å². The molecule has 0 saturated carbocycles. The quantitative estimate of drug-likeness (QED) is 0.660. The van der Waals surface area contributed by atoms with E-state index in [0.29, 0.717) is 23.7 Å². The monoisotopic (exact) mass is 419 g/mol. The van der Waals surface area contributed by atoms with Gasteiger partial charge in [0.2, 0.25) is 0 Å². The Morgan fingerprint density at radius 3 is 2.63 bits per heavy atom. The van der Waals surface area contributed by atoms with Gasteiger partial charge in [0.05, 0.1) is 5.69 Å². The van der Waals surface area contributed by atoms with E-state index in [1.165, 1.54) is 16.9 Å². The van der Waals surface area contributed by atoms with Crippen LogP contribution in [0.4, 0.5) is 0 Å². The van der Waals surface area contributed by atoms with Gasteiger partial charge in [-0.3, -0.25) is 9.59 Å². The number of thiazole rings is 1. The summed E-state index contributed by atoms with van der Waals surface area (Å²) >= 11 is 1.38. The topological polar surface area (TPSA) is 62.3 Å². The van der Waals surface area contributed by atoms with Crippen LogP contribution in [0.25, 0.3) is 11.3 Å². The van der Waals surface area contributed by atoms with E-state index in [0.717, 1.165) is 30.5 Å². The molecule has 6 heteroatoms. The van der Waals surface area contributed by atoms with Gasteiger partial charge in [-0.05, 0) is 38.3 Å². The molecule has 3 aromatic rings. The Hall–Kier alpha value is -2.99. The molecule has 154 valence electrons. The van der Waals surface area contributed by atoms with Crippen molar-refractivity contribution in [2.24, 2.45) is 0 Å². The van der Waals surface area contributed by atoms with Crippen LogP contribution >= 0.6 is 11.3 Å². The number of amides is 2. The summed E-state index contributed by atoms with van der Waals surface area (Å²) in [7, 11) is 0. The molecule has 1 saturated heterocycles. The number of benzene rings is 2. The van der Waals surface area contributed by atoms with E-state index >= 15 is 0 Å². The van der Waals surface area contributed by atoms with E-state index in [1.54, 1.807) is 12.1 Å². The number of nitrogens with zero attached hydrogens (tertiary/aromatic N) is 2. The summed E-state index contributed by atoms with van der Waals surface area (Å²) in [6, 6.07) is 17.3. The first kappa shape index (κ1) is 20.3. The summed E-state index contributed by atoms with van der Waals surface area (Å²) in [5, 5.41) is 5.44. The van der Waals surface area contributed by atoms with Crippen LogP contribution in [0.1, 0.15) is 45.0 Å². The van der Waals surface area contributed by atoms with E-state index in [1.807, 2.05) is 59.7 Å². The zero-order valence-corrected chi connectivity index (χ0v) is 17.8. The van der Waals surface area contributed by atoms with Crippen molar-refractivity contribution in [2.75, 3.05) is 13.1 Å². The van der Waals surface area contributed by atoms with Crippen molar-refractivity contribution in [1.82, 2.24) is 15.2 Å². The van der Waals surface area contributed by atoms with Gasteiger partial charge in [0.25, 0.3) is 11.8 Å². The minimum Gasteiger partial charge on any atom is -0.350 e. The van der Waals surface area contributed by atoms with Crippen molar-refractivity contribution in [1.29, 1.82) is 0 Å². The molecular weight excluding hydrogens is 394 g/mol.